The van der Waals surface area contributed by atoms with Crippen molar-refractivity contribution in [2.75, 3.05) is 36.4 Å². The Morgan fingerprint density at radius 1 is 1.07 bits per heavy atom. The minimum Gasteiger partial charge on any atom is -0.367 e. The predicted molar refractivity (Wildman–Crippen MR) is 122 cm³/mol. The van der Waals surface area contributed by atoms with Crippen LogP contribution in [0.25, 0.3) is 0 Å². The molecule has 0 spiro atoms. The number of halogens is 2. The third-order valence-electron chi connectivity index (χ3n) is 4.72. The van der Waals surface area contributed by atoms with Gasteiger partial charge in [0.1, 0.15) is 0 Å². The number of carbonyl (C=O) groups is 2. The first-order valence-corrected chi connectivity index (χ1v) is 10.7. The van der Waals surface area contributed by atoms with Crippen LogP contribution in [-0.2, 0) is 4.79 Å². The van der Waals surface area contributed by atoms with E-state index in [0.717, 1.165) is 22.3 Å². The van der Waals surface area contributed by atoms with E-state index in [2.05, 4.69) is 32.8 Å². The Balaban J connectivity index is 1.65. The molecule has 5 nitrogen and oxygen atoms in total. The zero-order valence-electron chi connectivity index (χ0n) is 15.9. The summed E-state index contributed by atoms with van der Waals surface area (Å²) in [5.41, 5.74) is 2.19. The van der Waals surface area contributed by atoms with Gasteiger partial charge in [-0.3, -0.25) is 9.59 Å². The van der Waals surface area contributed by atoms with Gasteiger partial charge in [-0.15, -0.1) is 0 Å². The summed E-state index contributed by atoms with van der Waals surface area (Å²) in [6.07, 6.45) is 0. The smallest absolute Gasteiger partial charge is 0.255 e. The lowest BCUT2D eigenvalue weighted by atomic mass is 10.1. The van der Waals surface area contributed by atoms with E-state index in [1.807, 2.05) is 49.1 Å². The van der Waals surface area contributed by atoms with Crippen LogP contribution in [0.4, 0.5) is 11.4 Å². The molecule has 2 amide bonds. The van der Waals surface area contributed by atoms with E-state index in [0.29, 0.717) is 29.4 Å². The number of benzene rings is 2. The monoisotopic (exact) mass is 511 g/mol. The van der Waals surface area contributed by atoms with Crippen LogP contribution in [0.15, 0.2) is 42.5 Å². The Hall–Kier alpha value is -1.80. The molecule has 0 unspecified atom stereocenters. The summed E-state index contributed by atoms with van der Waals surface area (Å²) < 4.78 is 1.01. The largest absolute Gasteiger partial charge is 0.367 e. The lowest BCUT2D eigenvalue weighted by Gasteiger charge is -2.37. The van der Waals surface area contributed by atoms with E-state index in [1.54, 1.807) is 12.1 Å². The molecule has 1 fully saturated rings. The molecule has 0 aromatic heterocycles. The molecule has 0 atom stereocenters. The lowest BCUT2D eigenvalue weighted by Crippen LogP contribution is -2.50. The fourth-order valence-electron chi connectivity index (χ4n) is 3.21. The number of anilines is 2. The molecule has 1 N–H and O–H groups in total. The van der Waals surface area contributed by atoms with E-state index in [-0.39, 0.29) is 17.7 Å². The van der Waals surface area contributed by atoms with Crippen molar-refractivity contribution in [2.45, 2.75) is 13.8 Å². The average molecular weight is 512 g/mol. The molecular formula is C21H23ClIN3O2. The lowest BCUT2D eigenvalue weighted by molar-refractivity contribution is -0.134. The fourth-order valence-corrected chi connectivity index (χ4v) is 4.05. The van der Waals surface area contributed by atoms with Gasteiger partial charge in [0.2, 0.25) is 5.91 Å². The van der Waals surface area contributed by atoms with Crippen LogP contribution in [0.1, 0.15) is 24.2 Å². The summed E-state index contributed by atoms with van der Waals surface area (Å²) in [5, 5.41) is 3.48. The van der Waals surface area contributed by atoms with Crippen molar-refractivity contribution in [3.8, 4) is 0 Å². The Morgan fingerprint density at radius 2 is 1.79 bits per heavy atom. The van der Waals surface area contributed by atoms with Crippen molar-refractivity contribution in [1.29, 1.82) is 0 Å². The predicted octanol–water partition coefficient (Wildman–Crippen LogP) is 4.50. The van der Waals surface area contributed by atoms with Crippen LogP contribution in [-0.4, -0.2) is 42.9 Å². The molecule has 1 aliphatic heterocycles. The SMILES string of the molecule is CC(C)C(=O)N1CCN(c2ccc(NC(=O)c3cccc(I)c3)cc2Cl)CC1. The first-order valence-electron chi connectivity index (χ1n) is 9.25. The molecule has 0 saturated carbocycles. The highest BCUT2D eigenvalue weighted by Gasteiger charge is 2.24. The van der Waals surface area contributed by atoms with Gasteiger partial charge in [0.05, 0.1) is 10.7 Å². The number of carbonyl (C=O) groups excluding carboxylic acids is 2. The third kappa shape index (κ3) is 4.97. The molecule has 0 bridgehead atoms. The van der Waals surface area contributed by atoms with Crippen molar-refractivity contribution in [2.24, 2.45) is 5.92 Å². The highest BCUT2D eigenvalue weighted by molar-refractivity contribution is 14.1. The van der Waals surface area contributed by atoms with E-state index in [9.17, 15) is 9.59 Å². The van der Waals surface area contributed by atoms with Gasteiger partial charge in [-0.1, -0.05) is 31.5 Å². The molecule has 148 valence electrons. The summed E-state index contributed by atoms with van der Waals surface area (Å²) >= 11 is 8.67. The minimum atomic E-state index is -0.164. The van der Waals surface area contributed by atoms with Crippen LogP contribution in [0.3, 0.4) is 0 Å². The number of amides is 2. The van der Waals surface area contributed by atoms with Gasteiger partial charge in [0.25, 0.3) is 5.91 Å². The molecule has 3 rings (SSSR count). The van der Waals surface area contributed by atoms with Gasteiger partial charge in [0, 0.05) is 46.9 Å². The summed E-state index contributed by atoms with van der Waals surface area (Å²) in [5.74, 6) is 0.0495. The van der Waals surface area contributed by atoms with Gasteiger partial charge >= 0.3 is 0 Å². The molecule has 0 radical (unpaired) electrons. The normalized spacial score (nSPS) is 14.3. The maximum absolute atomic E-state index is 12.4. The molecular weight excluding hydrogens is 489 g/mol. The third-order valence-corrected chi connectivity index (χ3v) is 5.69. The van der Waals surface area contributed by atoms with Crippen LogP contribution < -0.4 is 10.2 Å². The zero-order valence-corrected chi connectivity index (χ0v) is 18.8. The summed E-state index contributed by atoms with van der Waals surface area (Å²) in [7, 11) is 0. The number of nitrogens with zero attached hydrogens (tertiary/aromatic N) is 2. The van der Waals surface area contributed by atoms with Gasteiger partial charge < -0.3 is 15.1 Å². The van der Waals surface area contributed by atoms with Crippen LogP contribution >= 0.6 is 34.2 Å². The van der Waals surface area contributed by atoms with E-state index in [4.69, 9.17) is 11.6 Å². The van der Waals surface area contributed by atoms with E-state index >= 15 is 0 Å². The second-order valence-electron chi connectivity index (χ2n) is 7.10. The Kier molecular flexibility index (Phi) is 6.82. The highest BCUT2D eigenvalue weighted by Crippen LogP contribution is 2.30. The molecule has 2 aromatic carbocycles. The van der Waals surface area contributed by atoms with Crippen LogP contribution in [0.2, 0.25) is 5.02 Å². The molecule has 7 heteroatoms. The van der Waals surface area contributed by atoms with Crippen molar-refractivity contribution in [3.63, 3.8) is 0 Å². The number of piperazine rings is 1. The Labute approximate surface area is 184 Å². The van der Waals surface area contributed by atoms with E-state index in [1.165, 1.54) is 0 Å². The summed E-state index contributed by atoms with van der Waals surface area (Å²) in [6.45, 7) is 6.72. The first-order chi connectivity index (χ1) is 13.3. The summed E-state index contributed by atoms with van der Waals surface area (Å²) in [4.78, 5) is 28.6. The van der Waals surface area contributed by atoms with Crippen LogP contribution in [0, 0.1) is 9.49 Å². The minimum absolute atomic E-state index is 0.0194. The quantitative estimate of drug-likeness (QED) is 0.615. The molecule has 1 aliphatic rings. The topological polar surface area (TPSA) is 52.7 Å². The Morgan fingerprint density at radius 3 is 2.39 bits per heavy atom. The first kappa shape index (κ1) is 20.9. The van der Waals surface area contributed by atoms with Gasteiger partial charge in [-0.25, -0.2) is 0 Å². The fraction of sp³-hybridized carbons (Fsp3) is 0.333. The van der Waals surface area contributed by atoms with Crippen molar-refractivity contribution in [1.82, 2.24) is 4.90 Å². The molecule has 1 saturated heterocycles. The molecule has 0 aliphatic carbocycles. The number of hydrogen-bond acceptors (Lipinski definition) is 3. The number of rotatable bonds is 4. The van der Waals surface area contributed by atoms with Crippen molar-refractivity contribution in [3.05, 3.63) is 56.6 Å². The molecule has 28 heavy (non-hydrogen) atoms. The summed E-state index contributed by atoms with van der Waals surface area (Å²) in [6, 6.07) is 13.0. The standard InChI is InChI=1S/C21H23ClIN3O2/c1-14(2)21(28)26-10-8-25(9-11-26)19-7-6-17(13-18(19)22)24-20(27)15-4-3-5-16(23)12-15/h3-7,12-14H,8-11H2,1-2H3,(H,24,27). The second kappa shape index (κ2) is 9.13. The van der Waals surface area contributed by atoms with E-state index < -0.39 is 0 Å². The number of hydrogen-bond donors (Lipinski definition) is 1. The second-order valence-corrected chi connectivity index (χ2v) is 8.75. The maximum atomic E-state index is 12.4. The molecule has 1 heterocycles. The number of nitrogens with one attached hydrogen (secondary N) is 1. The van der Waals surface area contributed by atoms with Gasteiger partial charge in [-0.2, -0.15) is 0 Å². The van der Waals surface area contributed by atoms with Crippen molar-refractivity contribution >= 4 is 57.4 Å². The zero-order chi connectivity index (χ0) is 20.3. The maximum Gasteiger partial charge on any atom is 0.255 e. The highest BCUT2D eigenvalue weighted by atomic mass is 127. The van der Waals surface area contributed by atoms with Crippen molar-refractivity contribution < 1.29 is 9.59 Å². The van der Waals surface area contributed by atoms with Gasteiger partial charge in [-0.05, 0) is 59.0 Å². The average Bonchev–Trinajstić information content (AvgIpc) is 2.67. The molecule has 2 aromatic rings. The Bertz CT molecular complexity index is 880. The van der Waals surface area contributed by atoms with Crippen LogP contribution in [0.5, 0.6) is 0 Å². The van der Waals surface area contributed by atoms with Gasteiger partial charge in [0.15, 0.2) is 0 Å².